The van der Waals surface area contributed by atoms with E-state index in [-0.39, 0.29) is 6.09 Å². The number of piperidine rings is 1. The van der Waals surface area contributed by atoms with Gasteiger partial charge in [-0.15, -0.1) is 0 Å². The van der Waals surface area contributed by atoms with E-state index in [4.69, 9.17) is 10.5 Å². The molecule has 2 N–H and O–H groups in total. The molecule has 1 amide bonds. The molecule has 4 heteroatoms. The van der Waals surface area contributed by atoms with E-state index in [1.54, 1.807) is 0 Å². The quantitative estimate of drug-likeness (QED) is 0.840. The van der Waals surface area contributed by atoms with Crippen LogP contribution in [-0.4, -0.2) is 37.2 Å². The van der Waals surface area contributed by atoms with E-state index in [1.165, 1.54) is 12.8 Å². The molecule has 1 aliphatic carbocycles. The van der Waals surface area contributed by atoms with Gasteiger partial charge in [0.15, 0.2) is 0 Å². The highest BCUT2D eigenvalue weighted by atomic mass is 16.6. The molecule has 104 valence electrons. The van der Waals surface area contributed by atoms with Gasteiger partial charge in [-0.3, -0.25) is 0 Å². The second kappa shape index (κ2) is 6.41. The Kier molecular flexibility index (Phi) is 4.87. The van der Waals surface area contributed by atoms with Crippen molar-refractivity contribution in [3.8, 4) is 0 Å². The number of ether oxygens (including phenoxy) is 1. The van der Waals surface area contributed by atoms with Crippen molar-refractivity contribution in [3.63, 3.8) is 0 Å². The summed E-state index contributed by atoms with van der Waals surface area (Å²) in [7, 11) is 0. The Morgan fingerprint density at radius 1 is 1.22 bits per heavy atom. The van der Waals surface area contributed by atoms with Crippen LogP contribution in [0, 0.1) is 17.8 Å². The first-order valence-electron chi connectivity index (χ1n) is 7.32. The van der Waals surface area contributed by atoms with Crippen molar-refractivity contribution >= 4 is 6.09 Å². The van der Waals surface area contributed by atoms with Crippen molar-refractivity contribution in [1.82, 2.24) is 4.90 Å². The second-order valence-electron chi connectivity index (χ2n) is 5.93. The Bertz CT molecular complexity index is 275. The van der Waals surface area contributed by atoms with E-state index in [2.05, 4.69) is 6.92 Å². The van der Waals surface area contributed by atoms with E-state index in [0.29, 0.717) is 18.4 Å². The number of likely N-dealkylation sites (tertiary alicyclic amines) is 1. The molecule has 0 radical (unpaired) electrons. The normalized spacial score (nSPS) is 29.6. The number of carbonyl (C=O) groups is 1. The minimum absolute atomic E-state index is 0.121. The predicted octanol–water partition coefficient (Wildman–Crippen LogP) is 2.23. The Morgan fingerprint density at radius 2 is 1.89 bits per heavy atom. The summed E-state index contributed by atoms with van der Waals surface area (Å²) in [6, 6.07) is 0. The lowest BCUT2D eigenvalue weighted by atomic mass is 9.97. The first kappa shape index (κ1) is 13.7. The number of hydrogen-bond acceptors (Lipinski definition) is 3. The molecule has 2 atom stereocenters. The van der Waals surface area contributed by atoms with Crippen LogP contribution < -0.4 is 5.73 Å². The minimum atomic E-state index is -0.121. The van der Waals surface area contributed by atoms with Crippen LogP contribution in [-0.2, 0) is 4.74 Å². The molecular formula is C14H26N2O2. The molecule has 1 aliphatic heterocycles. The molecular weight excluding hydrogens is 228 g/mol. The van der Waals surface area contributed by atoms with Crippen molar-refractivity contribution in [2.45, 2.75) is 39.0 Å². The highest BCUT2D eigenvalue weighted by molar-refractivity contribution is 5.67. The van der Waals surface area contributed by atoms with Crippen LogP contribution in [0.15, 0.2) is 0 Å². The maximum atomic E-state index is 11.9. The van der Waals surface area contributed by atoms with Gasteiger partial charge >= 0.3 is 6.09 Å². The zero-order valence-electron chi connectivity index (χ0n) is 11.4. The third-order valence-corrected chi connectivity index (χ3v) is 4.58. The average Bonchev–Trinajstić information content (AvgIpc) is 2.84. The van der Waals surface area contributed by atoms with Crippen LogP contribution in [0.25, 0.3) is 0 Å². The van der Waals surface area contributed by atoms with Gasteiger partial charge in [-0.25, -0.2) is 4.79 Å². The van der Waals surface area contributed by atoms with Crippen molar-refractivity contribution < 1.29 is 9.53 Å². The lowest BCUT2D eigenvalue weighted by molar-refractivity contribution is 0.0710. The molecule has 18 heavy (non-hydrogen) atoms. The molecule has 2 unspecified atom stereocenters. The van der Waals surface area contributed by atoms with Crippen LogP contribution in [0.1, 0.15) is 39.0 Å². The van der Waals surface area contributed by atoms with Gasteiger partial charge in [0.25, 0.3) is 0 Å². The number of rotatable bonds is 3. The Morgan fingerprint density at radius 3 is 2.56 bits per heavy atom. The van der Waals surface area contributed by atoms with E-state index < -0.39 is 0 Å². The molecule has 2 aliphatic rings. The summed E-state index contributed by atoms with van der Waals surface area (Å²) in [5, 5.41) is 0. The average molecular weight is 254 g/mol. The van der Waals surface area contributed by atoms with Crippen molar-refractivity contribution in [1.29, 1.82) is 0 Å². The van der Waals surface area contributed by atoms with Crippen LogP contribution in [0.3, 0.4) is 0 Å². The third kappa shape index (κ3) is 3.37. The predicted molar refractivity (Wildman–Crippen MR) is 71.2 cm³/mol. The fourth-order valence-corrected chi connectivity index (χ4v) is 3.10. The van der Waals surface area contributed by atoms with Crippen LogP contribution in [0.2, 0.25) is 0 Å². The summed E-state index contributed by atoms with van der Waals surface area (Å²) in [4.78, 5) is 13.8. The van der Waals surface area contributed by atoms with Gasteiger partial charge in [0.2, 0.25) is 0 Å². The molecule has 1 saturated carbocycles. The summed E-state index contributed by atoms with van der Waals surface area (Å²) < 4.78 is 5.46. The molecule has 0 bridgehead atoms. The molecule has 0 aromatic rings. The van der Waals surface area contributed by atoms with E-state index in [1.807, 2.05) is 4.90 Å². The van der Waals surface area contributed by atoms with Gasteiger partial charge in [-0.1, -0.05) is 13.3 Å². The zero-order valence-corrected chi connectivity index (χ0v) is 11.4. The standard InChI is InChI=1S/C14H26N2O2/c1-11-5-7-16(8-6-11)14(17)18-10-13-4-2-3-12(13)9-15/h11-13H,2-10,15H2,1H3. The lowest BCUT2D eigenvalue weighted by Crippen LogP contribution is -2.39. The van der Waals surface area contributed by atoms with Crippen molar-refractivity contribution in [3.05, 3.63) is 0 Å². The Balaban J connectivity index is 1.71. The highest BCUT2D eigenvalue weighted by Gasteiger charge is 2.28. The summed E-state index contributed by atoms with van der Waals surface area (Å²) in [6.45, 7) is 5.24. The number of amides is 1. The summed E-state index contributed by atoms with van der Waals surface area (Å²) in [5.41, 5.74) is 5.74. The van der Waals surface area contributed by atoms with Gasteiger partial charge in [0, 0.05) is 13.1 Å². The lowest BCUT2D eigenvalue weighted by Gasteiger charge is -2.30. The smallest absolute Gasteiger partial charge is 0.409 e. The molecule has 1 saturated heterocycles. The largest absolute Gasteiger partial charge is 0.449 e. The first-order chi connectivity index (χ1) is 8.70. The van der Waals surface area contributed by atoms with E-state index in [9.17, 15) is 4.79 Å². The van der Waals surface area contributed by atoms with Crippen LogP contribution >= 0.6 is 0 Å². The second-order valence-corrected chi connectivity index (χ2v) is 5.93. The number of hydrogen-bond donors (Lipinski definition) is 1. The summed E-state index contributed by atoms with van der Waals surface area (Å²) in [6.07, 6.45) is 5.66. The number of nitrogens with two attached hydrogens (primary N) is 1. The molecule has 4 nitrogen and oxygen atoms in total. The van der Waals surface area contributed by atoms with Gasteiger partial charge < -0.3 is 15.4 Å². The van der Waals surface area contributed by atoms with Crippen molar-refractivity contribution in [2.24, 2.45) is 23.5 Å². The fraction of sp³-hybridized carbons (Fsp3) is 0.929. The van der Waals surface area contributed by atoms with E-state index in [0.717, 1.165) is 44.8 Å². The topological polar surface area (TPSA) is 55.6 Å². The number of nitrogens with zero attached hydrogens (tertiary/aromatic N) is 1. The molecule has 0 spiro atoms. The van der Waals surface area contributed by atoms with Crippen LogP contribution in [0.4, 0.5) is 4.79 Å². The monoisotopic (exact) mass is 254 g/mol. The molecule has 2 rings (SSSR count). The van der Waals surface area contributed by atoms with Gasteiger partial charge in [0.1, 0.15) is 0 Å². The summed E-state index contributed by atoms with van der Waals surface area (Å²) in [5.74, 6) is 1.78. The molecule has 0 aromatic carbocycles. The molecule has 0 aromatic heterocycles. The highest BCUT2D eigenvalue weighted by Crippen LogP contribution is 2.31. The van der Waals surface area contributed by atoms with Crippen LogP contribution in [0.5, 0.6) is 0 Å². The van der Waals surface area contributed by atoms with Gasteiger partial charge in [0.05, 0.1) is 6.61 Å². The van der Waals surface area contributed by atoms with Gasteiger partial charge in [-0.2, -0.15) is 0 Å². The van der Waals surface area contributed by atoms with Gasteiger partial charge in [-0.05, 0) is 50.0 Å². The Labute approximate surface area is 110 Å². The maximum Gasteiger partial charge on any atom is 0.409 e. The third-order valence-electron chi connectivity index (χ3n) is 4.58. The van der Waals surface area contributed by atoms with Crippen molar-refractivity contribution in [2.75, 3.05) is 26.2 Å². The summed E-state index contributed by atoms with van der Waals surface area (Å²) >= 11 is 0. The molecule has 1 heterocycles. The minimum Gasteiger partial charge on any atom is -0.449 e. The fourth-order valence-electron chi connectivity index (χ4n) is 3.10. The van der Waals surface area contributed by atoms with E-state index >= 15 is 0 Å². The number of carbonyl (C=O) groups excluding carboxylic acids is 1. The first-order valence-corrected chi connectivity index (χ1v) is 7.32. The Hall–Kier alpha value is -0.770. The maximum absolute atomic E-state index is 11.9. The zero-order chi connectivity index (χ0) is 13.0. The molecule has 2 fully saturated rings. The SMILES string of the molecule is CC1CCN(C(=O)OCC2CCCC2CN)CC1.